The normalized spacial score (nSPS) is 12.5. The minimum absolute atomic E-state index is 0.0417. The van der Waals surface area contributed by atoms with E-state index in [4.69, 9.17) is 15.6 Å². The maximum atomic E-state index is 8.67. The van der Waals surface area contributed by atoms with Crippen LogP contribution < -0.4 is 10.5 Å². The molecule has 0 aromatic heterocycles. The van der Waals surface area contributed by atoms with Gasteiger partial charge in [0, 0.05) is 22.7 Å². The van der Waals surface area contributed by atoms with Crippen LogP contribution >= 0.6 is 15.9 Å². The van der Waals surface area contributed by atoms with Crippen molar-refractivity contribution in [2.24, 2.45) is 5.73 Å². The Bertz CT molecular complexity index is 342. The Labute approximate surface area is 111 Å². The van der Waals surface area contributed by atoms with E-state index in [1.165, 1.54) is 0 Å². The molecule has 0 aliphatic heterocycles. The summed E-state index contributed by atoms with van der Waals surface area (Å²) >= 11 is 3.43. The molecule has 0 radical (unpaired) electrons. The molecule has 0 saturated carbocycles. The van der Waals surface area contributed by atoms with Gasteiger partial charge in [0.25, 0.3) is 0 Å². The number of halogens is 1. The number of ether oxygens (including phenoxy) is 1. The first-order valence-electron chi connectivity index (χ1n) is 5.94. The highest BCUT2D eigenvalue weighted by molar-refractivity contribution is 9.10. The zero-order valence-electron chi connectivity index (χ0n) is 10.2. The molecule has 1 aromatic rings. The number of benzene rings is 1. The molecule has 0 aliphatic rings. The van der Waals surface area contributed by atoms with Gasteiger partial charge < -0.3 is 15.6 Å². The van der Waals surface area contributed by atoms with Gasteiger partial charge in [-0.1, -0.05) is 15.9 Å². The topological polar surface area (TPSA) is 55.5 Å². The standard InChI is InChI=1S/C13H20BrNO2/c1-10(15)12-9-11(14)5-6-13(12)17-8-4-2-3-7-16/h5-6,9-10,16H,2-4,7-8,15H2,1H3/t10-/m1/s1. The number of hydrogen-bond acceptors (Lipinski definition) is 3. The third-order valence-electron chi connectivity index (χ3n) is 2.52. The predicted octanol–water partition coefficient (Wildman–Crippen LogP) is 3.01. The molecular weight excluding hydrogens is 282 g/mol. The minimum Gasteiger partial charge on any atom is -0.493 e. The second kappa shape index (κ2) is 7.69. The molecule has 1 aromatic carbocycles. The smallest absolute Gasteiger partial charge is 0.124 e. The largest absolute Gasteiger partial charge is 0.493 e. The van der Waals surface area contributed by atoms with Crippen LogP contribution in [0.2, 0.25) is 0 Å². The molecule has 0 spiro atoms. The zero-order valence-corrected chi connectivity index (χ0v) is 11.7. The highest BCUT2D eigenvalue weighted by atomic mass is 79.9. The van der Waals surface area contributed by atoms with Crippen LogP contribution in [0.1, 0.15) is 37.8 Å². The number of aliphatic hydroxyl groups is 1. The molecule has 1 atom stereocenters. The fourth-order valence-electron chi connectivity index (χ4n) is 1.58. The van der Waals surface area contributed by atoms with Gasteiger partial charge in [-0.3, -0.25) is 0 Å². The van der Waals surface area contributed by atoms with Crippen LogP contribution in [0, 0.1) is 0 Å². The minimum atomic E-state index is -0.0417. The van der Waals surface area contributed by atoms with E-state index in [2.05, 4.69) is 15.9 Å². The van der Waals surface area contributed by atoms with Crippen LogP contribution in [0.3, 0.4) is 0 Å². The number of hydrogen-bond donors (Lipinski definition) is 2. The van der Waals surface area contributed by atoms with Gasteiger partial charge >= 0.3 is 0 Å². The zero-order chi connectivity index (χ0) is 12.7. The monoisotopic (exact) mass is 301 g/mol. The average Bonchev–Trinajstić information content (AvgIpc) is 2.30. The van der Waals surface area contributed by atoms with E-state index in [0.29, 0.717) is 6.61 Å². The fourth-order valence-corrected chi connectivity index (χ4v) is 1.96. The first kappa shape index (κ1) is 14.5. The third-order valence-corrected chi connectivity index (χ3v) is 3.02. The van der Waals surface area contributed by atoms with Crippen molar-refractivity contribution in [3.05, 3.63) is 28.2 Å². The molecule has 0 bridgehead atoms. The highest BCUT2D eigenvalue weighted by Gasteiger charge is 2.08. The first-order chi connectivity index (χ1) is 8.15. The average molecular weight is 302 g/mol. The molecule has 0 amide bonds. The summed E-state index contributed by atoms with van der Waals surface area (Å²) in [6.45, 7) is 2.87. The number of aliphatic hydroxyl groups excluding tert-OH is 1. The Hall–Kier alpha value is -0.580. The van der Waals surface area contributed by atoms with Crippen molar-refractivity contribution in [1.82, 2.24) is 0 Å². The van der Waals surface area contributed by atoms with E-state index in [9.17, 15) is 0 Å². The molecule has 17 heavy (non-hydrogen) atoms. The summed E-state index contributed by atoms with van der Waals surface area (Å²) < 4.78 is 6.73. The van der Waals surface area contributed by atoms with Crippen molar-refractivity contribution < 1.29 is 9.84 Å². The molecule has 0 unspecified atom stereocenters. The van der Waals surface area contributed by atoms with E-state index in [1.807, 2.05) is 25.1 Å². The van der Waals surface area contributed by atoms with Crippen molar-refractivity contribution in [2.45, 2.75) is 32.2 Å². The Morgan fingerprint density at radius 2 is 2.12 bits per heavy atom. The summed E-state index contributed by atoms with van der Waals surface area (Å²) in [5, 5.41) is 8.67. The maximum Gasteiger partial charge on any atom is 0.124 e. The second-order valence-electron chi connectivity index (χ2n) is 4.10. The lowest BCUT2D eigenvalue weighted by atomic mass is 10.1. The molecule has 96 valence electrons. The fraction of sp³-hybridized carbons (Fsp3) is 0.538. The van der Waals surface area contributed by atoms with Gasteiger partial charge in [-0.2, -0.15) is 0 Å². The van der Waals surface area contributed by atoms with Crippen LogP contribution in [0.15, 0.2) is 22.7 Å². The van der Waals surface area contributed by atoms with Crippen molar-refractivity contribution in [3.8, 4) is 5.75 Å². The highest BCUT2D eigenvalue weighted by Crippen LogP contribution is 2.27. The maximum absolute atomic E-state index is 8.67. The van der Waals surface area contributed by atoms with E-state index < -0.39 is 0 Å². The van der Waals surface area contributed by atoms with E-state index in [-0.39, 0.29) is 12.6 Å². The number of unbranched alkanes of at least 4 members (excludes halogenated alkanes) is 2. The summed E-state index contributed by atoms with van der Waals surface area (Å²) in [7, 11) is 0. The van der Waals surface area contributed by atoms with E-state index in [1.54, 1.807) is 0 Å². The molecule has 0 aliphatic carbocycles. The third kappa shape index (κ3) is 5.06. The Morgan fingerprint density at radius 3 is 2.76 bits per heavy atom. The van der Waals surface area contributed by atoms with Gasteiger partial charge in [-0.05, 0) is 44.4 Å². The summed E-state index contributed by atoms with van der Waals surface area (Å²) in [6.07, 6.45) is 2.78. The van der Waals surface area contributed by atoms with E-state index in [0.717, 1.165) is 35.0 Å². The quantitative estimate of drug-likeness (QED) is 0.761. The van der Waals surface area contributed by atoms with Crippen LogP contribution in [-0.4, -0.2) is 18.3 Å². The lowest BCUT2D eigenvalue weighted by Crippen LogP contribution is -2.08. The Morgan fingerprint density at radius 1 is 1.35 bits per heavy atom. The van der Waals surface area contributed by atoms with Crippen molar-refractivity contribution in [1.29, 1.82) is 0 Å². The van der Waals surface area contributed by atoms with Crippen molar-refractivity contribution in [3.63, 3.8) is 0 Å². The molecular formula is C13H20BrNO2. The molecule has 3 nitrogen and oxygen atoms in total. The lowest BCUT2D eigenvalue weighted by molar-refractivity contribution is 0.265. The first-order valence-corrected chi connectivity index (χ1v) is 6.73. The molecule has 0 heterocycles. The molecule has 1 rings (SSSR count). The van der Waals surface area contributed by atoms with Crippen LogP contribution in [0.5, 0.6) is 5.75 Å². The SMILES string of the molecule is C[C@@H](N)c1cc(Br)ccc1OCCCCCO. The molecule has 3 N–H and O–H groups in total. The van der Waals surface area contributed by atoms with Crippen molar-refractivity contribution in [2.75, 3.05) is 13.2 Å². The van der Waals surface area contributed by atoms with E-state index >= 15 is 0 Å². The van der Waals surface area contributed by atoms with Crippen molar-refractivity contribution >= 4 is 15.9 Å². The van der Waals surface area contributed by atoms with Gasteiger partial charge in [0.2, 0.25) is 0 Å². The summed E-state index contributed by atoms with van der Waals surface area (Å²) in [5.41, 5.74) is 6.92. The predicted molar refractivity (Wildman–Crippen MR) is 73.2 cm³/mol. The Balaban J connectivity index is 2.52. The van der Waals surface area contributed by atoms with Gasteiger partial charge in [-0.25, -0.2) is 0 Å². The molecule has 4 heteroatoms. The van der Waals surface area contributed by atoms with Gasteiger partial charge in [0.1, 0.15) is 5.75 Å². The Kier molecular flexibility index (Phi) is 6.55. The van der Waals surface area contributed by atoms with Crippen LogP contribution in [0.25, 0.3) is 0 Å². The summed E-state index contributed by atoms with van der Waals surface area (Å²) in [6, 6.07) is 5.84. The molecule has 0 saturated heterocycles. The molecule has 0 fully saturated rings. The van der Waals surface area contributed by atoms with Crippen LogP contribution in [0.4, 0.5) is 0 Å². The number of rotatable bonds is 7. The van der Waals surface area contributed by atoms with Gasteiger partial charge in [-0.15, -0.1) is 0 Å². The summed E-state index contributed by atoms with van der Waals surface area (Å²) in [5.74, 6) is 0.854. The van der Waals surface area contributed by atoms with Gasteiger partial charge in [0.05, 0.1) is 6.61 Å². The number of nitrogens with two attached hydrogens (primary N) is 1. The van der Waals surface area contributed by atoms with Gasteiger partial charge in [0.15, 0.2) is 0 Å². The lowest BCUT2D eigenvalue weighted by Gasteiger charge is -2.14. The second-order valence-corrected chi connectivity index (χ2v) is 5.02. The van der Waals surface area contributed by atoms with Crippen LogP contribution in [-0.2, 0) is 0 Å². The summed E-state index contributed by atoms with van der Waals surface area (Å²) in [4.78, 5) is 0.